The molecule has 0 saturated heterocycles. The molecule has 0 amide bonds. The largest absolute Gasteiger partial charge is 0.497 e. The molecule has 1 aliphatic rings. The number of hydrogen-bond donors (Lipinski definition) is 0. The average Bonchev–Trinajstić information content (AvgIpc) is 3.05. The van der Waals surface area contributed by atoms with Crippen molar-refractivity contribution in [3.8, 4) is 17.6 Å². The van der Waals surface area contributed by atoms with E-state index < -0.39 is 0 Å². The van der Waals surface area contributed by atoms with Crippen molar-refractivity contribution in [3.63, 3.8) is 0 Å². The summed E-state index contributed by atoms with van der Waals surface area (Å²) < 4.78 is 10.9. The van der Waals surface area contributed by atoms with Gasteiger partial charge in [0.25, 0.3) is 0 Å². The van der Waals surface area contributed by atoms with Crippen molar-refractivity contribution in [2.45, 2.75) is 46.0 Å². The van der Waals surface area contributed by atoms with E-state index in [0.29, 0.717) is 12.8 Å². The van der Waals surface area contributed by atoms with Crippen LogP contribution in [0.5, 0.6) is 11.5 Å². The van der Waals surface area contributed by atoms with Crippen LogP contribution in [0.1, 0.15) is 45.1 Å². The highest BCUT2D eigenvalue weighted by Gasteiger charge is 2.29. The second kappa shape index (κ2) is 11.1. The van der Waals surface area contributed by atoms with Crippen LogP contribution in [-0.4, -0.2) is 37.3 Å². The summed E-state index contributed by atoms with van der Waals surface area (Å²) in [4.78, 5) is 11.6. The van der Waals surface area contributed by atoms with Gasteiger partial charge in [-0.3, -0.25) is 0 Å². The van der Waals surface area contributed by atoms with Crippen LogP contribution in [0, 0.1) is 11.3 Å². The number of unbranched alkanes of at least 4 members (excludes halogenated alkanes) is 3. The number of hydrogen-bond acceptors (Lipinski definition) is 5. The average molecular weight is 395 g/mol. The first kappa shape index (κ1) is 22.2. The molecule has 0 bridgehead atoms. The Bertz CT molecular complexity index is 858. The van der Waals surface area contributed by atoms with Crippen molar-refractivity contribution in [1.29, 1.82) is 5.26 Å². The van der Waals surface area contributed by atoms with Crippen LogP contribution < -0.4 is 9.47 Å². The van der Waals surface area contributed by atoms with Crippen LogP contribution >= 0.6 is 0 Å². The molecule has 1 aliphatic heterocycles. The van der Waals surface area contributed by atoms with Crippen LogP contribution in [0.15, 0.2) is 52.2 Å². The third kappa shape index (κ3) is 5.71. The number of aliphatic imine (C=N–C) groups is 2. The molecule has 29 heavy (non-hydrogen) atoms. The molecule has 0 atom stereocenters. The third-order valence-corrected chi connectivity index (χ3v) is 4.71. The molecular formula is C23H30N4O2. The maximum absolute atomic E-state index is 8.75. The van der Waals surface area contributed by atoms with Crippen LogP contribution in [0.25, 0.3) is 0 Å². The highest BCUT2D eigenvalue weighted by molar-refractivity contribution is 6.16. The second-order valence-corrected chi connectivity index (χ2v) is 6.99. The van der Waals surface area contributed by atoms with Crippen molar-refractivity contribution in [1.82, 2.24) is 4.90 Å². The molecule has 6 nitrogen and oxygen atoms in total. The predicted molar refractivity (Wildman–Crippen MR) is 117 cm³/mol. The summed E-state index contributed by atoms with van der Waals surface area (Å²) in [5.41, 5.74) is 3.00. The SMILES string of the molecule is C=CN=C1C(=C(C)C)N=C(Cc2cc(OC)ccc2OC)N1CCCCCC#N. The fourth-order valence-electron chi connectivity index (χ4n) is 3.25. The number of rotatable bonds is 10. The van der Waals surface area contributed by atoms with Gasteiger partial charge in [0.2, 0.25) is 0 Å². The number of amidine groups is 2. The molecule has 0 N–H and O–H groups in total. The van der Waals surface area contributed by atoms with Crippen LogP contribution in [-0.2, 0) is 6.42 Å². The summed E-state index contributed by atoms with van der Waals surface area (Å²) in [6.45, 7) is 8.64. The zero-order valence-corrected chi connectivity index (χ0v) is 17.9. The standard InChI is InChI=1S/C23H30N4O2/c1-6-25-23-22(17(2)3)26-21(27(23)14-10-8-7-9-13-24)16-18-15-19(28-4)11-12-20(18)29-5/h6,11-12,15H,1,7-10,14,16H2,2-5H3. The van der Waals surface area contributed by atoms with Gasteiger partial charge in [0, 0.05) is 31.1 Å². The highest BCUT2D eigenvalue weighted by Crippen LogP contribution is 2.28. The molecule has 0 aromatic heterocycles. The Hall–Kier alpha value is -3.07. The lowest BCUT2D eigenvalue weighted by Crippen LogP contribution is -2.34. The van der Waals surface area contributed by atoms with Gasteiger partial charge in [-0.15, -0.1) is 0 Å². The van der Waals surface area contributed by atoms with E-state index >= 15 is 0 Å². The minimum atomic E-state index is 0.592. The Balaban J connectivity index is 2.34. The summed E-state index contributed by atoms with van der Waals surface area (Å²) in [5, 5.41) is 8.75. The number of benzene rings is 1. The molecule has 0 unspecified atom stereocenters. The van der Waals surface area contributed by atoms with Gasteiger partial charge in [0.15, 0.2) is 5.84 Å². The minimum Gasteiger partial charge on any atom is -0.497 e. The molecule has 1 aromatic rings. The third-order valence-electron chi connectivity index (χ3n) is 4.71. The van der Waals surface area contributed by atoms with Crippen molar-refractivity contribution in [2.75, 3.05) is 20.8 Å². The van der Waals surface area contributed by atoms with Gasteiger partial charge in [0.1, 0.15) is 23.0 Å². The molecular weight excluding hydrogens is 364 g/mol. The smallest absolute Gasteiger partial charge is 0.159 e. The lowest BCUT2D eigenvalue weighted by molar-refractivity contribution is 0.399. The zero-order valence-electron chi connectivity index (χ0n) is 17.9. The van der Waals surface area contributed by atoms with Gasteiger partial charge in [-0.1, -0.05) is 13.0 Å². The maximum atomic E-state index is 8.75. The summed E-state index contributed by atoms with van der Waals surface area (Å²) >= 11 is 0. The quantitative estimate of drug-likeness (QED) is 0.530. The fraction of sp³-hybridized carbons (Fsp3) is 0.435. The Morgan fingerprint density at radius 3 is 2.66 bits per heavy atom. The molecule has 2 rings (SSSR count). The van der Waals surface area contributed by atoms with Gasteiger partial charge in [-0.05, 0) is 50.5 Å². The predicted octanol–water partition coefficient (Wildman–Crippen LogP) is 4.88. The minimum absolute atomic E-state index is 0.592. The van der Waals surface area contributed by atoms with Crippen molar-refractivity contribution in [3.05, 3.63) is 47.8 Å². The molecule has 154 valence electrons. The van der Waals surface area contributed by atoms with Gasteiger partial charge in [0.05, 0.1) is 20.3 Å². The summed E-state index contributed by atoms with van der Waals surface area (Å²) in [6, 6.07) is 7.99. The lowest BCUT2D eigenvalue weighted by atomic mass is 10.1. The van der Waals surface area contributed by atoms with Crippen molar-refractivity contribution >= 4 is 11.7 Å². The van der Waals surface area contributed by atoms with E-state index in [0.717, 1.165) is 65.8 Å². The number of allylic oxidation sites excluding steroid dienone is 1. The van der Waals surface area contributed by atoms with E-state index in [1.807, 2.05) is 32.0 Å². The van der Waals surface area contributed by atoms with Crippen LogP contribution in [0.2, 0.25) is 0 Å². The van der Waals surface area contributed by atoms with E-state index in [1.165, 1.54) is 0 Å². The number of ether oxygens (including phenoxy) is 2. The van der Waals surface area contributed by atoms with E-state index in [2.05, 4.69) is 22.5 Å². The Morgan fingerprint density at radius 1 is 1.24 bits per heavy atom. The van der Waals surface area contributed by atoms with Gasteiger partial charge in [-0.25, -0.2) is 9.98 Å². The van der Waals surface area contributed by atoms with Crippen LogP contribution in [0.4, 0.5) is 0 Å². The lowest BCUT2D eigenvalue weighted by Gasteiger charge is -2.22. The van der Waals surface area contributed by atoms with E-state index in [9.17, 15) is 0 Å². The number of nitriles is 1. The summed E-state index contributed by atoms with van der Waals surface area (Å²) in [6.07, 6.45) is 5.61. The molecule has 0 radical (unpaired) electrons. The van der Waals surface area contributed by atoms with Crippen LogP contribution in [0.3, 0.4) is 0 Å². The zero-order chi connectivity index (χ0) is 21.2. The first-order valence-corrected chi connectivity index (χ1v) is 9.85. The summed E-state index contributed by atoms with van der Waals surface area (Å²) in [7, 11) is 3.32. The van der Waals surface area contributed by atoms with Gasteiger partial charge < -0.3 is 14.4 Å². The van der Waals surface area contributed by atoms with Crippen molar-refractivity contribution < 1.29 is 9.47 Å². The molecule has 6 heteroatoms. The fourth-order valence-corrected chi connectivity index (χ4v) is 3.25. The molecule has 1 heterocycles. The molecule has 0 aliphatic carbocycles. The van der Waals surface area contributed by atoms with Crippen molar-refractivity contribution in [2.24, 2.45) is 9.98 Å². The topological polar surface area (TPSA) is 70.2 Å². The number of nitrogens with zero attached hydrogens (tertiary/aromatic N) is 4. The molecule has 1 aromatic carbocycles. The first-order chi connectivity index (χ1) is 14.0. The first-order valence-electron chi connectivity index (χ1n) is 9.85. The molecule has 0 fully saturated rings. The highest BCUT2D eigenvalue weighted by atomic mass is 16.5. The second-order valence-electron chi connectivity index (χ2n) is 6.99. The van der Waals surface area contributed by atoms with E-state index in [1.54, 1.807) is 20.4 Å². The van der Waals surface area contributed by atoms with E-state index in [4.69, 9.17) is 19.7 Å². The Morgan fingerprint density at radius 2 is 2.03 bits per heavy atom. The Labute approximate surface area is 173 Å². The summed E-state index contributed by atoms with van der Waals surface area (Å²) in [5.74, 6) is 3.34. The van der Waals surface area contributed by atoms with Gasteiger partial charge in [-0.2, -0.15) is 5.26 Å². The molecule has 0 saturated carbocycles. The normalized spacial score (nSPS) is 14.6. The van der Waals surface area contributed by atoms with E-state index in [-0.39, 0.29) is 0 Å². The van der Waals surface area contributed by atoms with Gasteiger partial charge >= 0.3 is 0 Å². The maximum Gasteiger partial charge on any atom is 0.159 e. The Kier molecular flexibility index (Phi) is 8.47. The monoisotopic (exact) mass is 394 g/mol. The number of methoxy groups -OCH3 is 2. The molecule has 0 spiro atoms.